The van der Waals surface area contributed by atoms with E-state index in [1.807, 2.05) is 12.1 Å². The van der Waals surface area contributed by atoms with Crippen molar-refractivity contribution in [3.05, 3.63) is 58.3 Å². The maximum absolute atomic E-state index is 12.1. The van der Waals surface area contributed by atoms with Crippen molar-refractivity contribution in [3.63, 3.8) is 0 Å². The Labute approximate surface area is 152 Å². The lowest BCUT2D eigenvalue weighted by molar-refractivity contribution is -0.117. The molecule has 1 amide bonds. The first-order valence-corrected chi connectivity index (χ1v) is 8.10. The Kier molecular flexibility index (Phi) is 5.16. The third-order valence-electron chi connectivity index (χ3n) is 3.34. The molecule has 7 nitrogen and oxygen atoms in total. The number of ether oxygens (including phenoxy) is 2. The van der Waals surface area contributed by atoms with Gasteiger partial charge in [-0.1, -0.05) is 22.0 Å². The van der Waals surface area contributed by atoms with Gasteiger partial charge in [0.2, 0.25) is 6.79 Å². The number of anilines is 1. The van der Waals surface area contributed by atoms with Crippen molar-refractivity contribution in [2.75, 3.05) is 12.1 Å². The van der Waals surface area contributed by atoms with Crippen LogP contribution in [-0.2, 0) is 11.3 Å². The molecule has 8 heteroatoms. The van der Waals surface area contributed by atoms with Gasteiger partial charge in [0.25, 0.3) is 5.91 Å². The number of pyridine rings is 1. The molecule has 0 spiro atoms. The van der Waals surface area contributed by atoms with E-state index < -0.39 is 5.91 Å². The zero-order valence-corrected chi connectivity index (χ0v) is 14.5. The summed E-state index contributed by atoms with van der Waals surface area (Å²) in [4.78, 5) is 16.2. The Hall–Kier alpha value is -3.05. The highest BCUT2D eigenvalue weighted by molar-refractivity contribution is 9.10. The van der Waals surface area contributed by atoms with Gasteiger partial charge < -0.3 is 20.1 Å². The summed E-state index contributed by atoms with van der Waals surface area (Å²) < 4.78 is 11.4. The molecule has 0 aliphatic carbocycles. The minimum atomic E-state index is -0.484. The van der Waals surface area contributed by atoms with Gasteiger partial charge in [-0.05, 0) is 29.8 Å². The molecule has 0 radical (unpaired) electrons. The molecule has 0 atom stereocenters. The number of carbonyl (C=O) groups excluding carboxylic acids is 1. The van der Waals surface area contributed by atoms with Gasteiger partial charge in [0.15, 0.2) is 11.5 Å². The number of amides is 1. The maximum Gasteiger partial charge on any atom is 0.263 e. The van der Waals surface area contributed by atoms with Gasteiger partial charge in [-0.3, -0.25) is 4.79 Å². The van der Waals surface area contributed by atoms with Gasteiger partial charge in [0, 0.05) is 23.4 Å². The second kappa shape index (κ2) is 7.68. The quantitative estimate of drug-likeness (QED) is 0.591. The van der Waals surface area contributed by atoms with Crippen molar-refractivity contribution in [2.45, 2.75) is 6.54 Å². The fourth-order valence-corrected chi connectivity index (χ4v) is 2.44. The number of aromatic nitrogens is 1. The second-order valence-electron chi connectivity index (χ2n) is 5.04. The fourth-order valence-electron chi connectivity index (χ4n) is 2.11. The van der Waals surface area contributed by atoms with Crippen molar-refractivity contribution in [2.24, 2.45) is 0 Å². The van der Waals surface area contributed by atoms with Crippen molar-refractivity contribution < 1.29 is 14.3 Å². The Balaban J connectivity index is 1.60. The Bertz CT molecular complexity index is 876. The van der Waals surface area contributed by atoms with Crippen molar-refractivity contribution in [1.29, 1.82) is 5.26 Å². The lowest BCUT2D eigenvalue weighted by atomic mass is 10.2. The average molecular weight is 401 g/mol. The summed E-state index contributed by atoms with van der Waals surface area (Å²) in [6.07, 6.45) is 2.93. The molecule has 1 aromatic carbocycles. The minimum absolute atomic E-state index is 0.0532. The number of nitriles is 1. The topological polar surface area (TPSA) is 96.3 Å². The van der Waals surface area contributed by atoms with Crippen LogP contribution in [0.25, 0.3) is 0 Å². The molecule has 0 fully saturated rings. The molecular weight excluding hydrogens is 388 g/mol. The highest BCUT2D eigenvalue weighted by atomic mass is 79.9. The molecule has 1 aliphatic heterocycles. The van der Waals surface area contributed by atoms with Crippen LogP contribution in [0.15, 0.2) is 52.8 Å². The molecule has 0 bridgehead atoms. The van der Waals surface area contributed by atoms with Gasteiger partial charge >= 0.3 is 0 Å². The minimum Gasteiger partial charge on any atom is -0.454 e. The van der Waals surface area contributed by atoms with Crippen LogP contribution < -0.4 is 20.1 Å². The van der Waals surface area contributed by atoms with Gasteiger partial charge in [0.1, 0.15) is 17.5 Å². The maximum atomic E-state index is 12.1. The van der Waals surface area contributed by atoms with Crippen LogP contribution in [0.3, 0.4) is 0 Å². The molecule has 0 unspecified atom stereocenters. The first-order valence-electron chi connectivity index (χ1n) is 7.31. The third-order valence-corrected chi connectivity index (χ3v) is 3.83. The predicted molar refractivity (Wildman–Crippen MR) is 93.7 cm³/mol. The first kappa shape index (κ1) is 16.8. The van der Waals surface area contributed by atoms with Crippen LogP contribution in [0.2, 0.25) is 0 Å². The van der Waals surface area contributed by atoms with E-state index in [0.29, 0.717) is 17.3 Å². The fraction of sp³-hybridized carbons (Fsp3) is 0.118. The number of hydrogen-bond acceptors (Lipinski definition) is 6. The summed E-state index contributed by atoms with van der Waals surface area (Å²) in [7, 11) is 0. The number of carbonyl (C=O) groups is 1. The summed E-state index contributed by atoms with van der Waals surface area (Å²) in [6, 6.07) is 10.8. The number of benzene rings is 1. The molecule has 1 aromatic heterocycles. The number of nitrogens with zero attached hydrogens (tertiary/aromatic N) is 2. The number of nitrogens with one attached hydrogen (secondary N) is 2. The molecule has 0 saturated carbocycles. The summed E-state index contributed by atoms with van der Waals surface area (Å²) >= 11 is 3.32. The summed E-state index contributed by atoms with van der Waals surface area (Å²) in [5, 5.41) is 14.7. The van der Waals surface area contributed by atoms with E-state index >= 15 is 0 Å². The summed E-state index contributed by atoms with van der Waals surface area (Å²) in [5.41, 5.74) is 0.791. The number of fused-ring (bicyclic) bond motifs is 1. The van der Waals surface area contributed by atoms with E-state index in [4.69, 9.17) is 14.7 Å². The zero-order valence-electron chi connectivity index (χ0n) is 13.0. The van der Waals surface area contributed by atoms with E-state index in [0.717, 1.165) is 10.0 Å². The molecule has 126 valence electrons. The molecule has 0 saturated heterocycles. The molecule has 3 rings (SSSR count). The Morgan fingerprint density at radius 2 is 2.16 bits per heavy atom. The Morgan fingerprint density at radius 1 is 1.32 bits per heavy atom. The van der Waals surface area contributed by atoms with Crippen LogP contribution in [0.5, 0.6) is 11.5 Å². The zero-order chi connectivity index (χ0) is 17.6. The van der Waals surface area contributed by atoms with Gasteiger partial charge in [-0.2, -0.15) is 5.26 Å². The van der Waals surface area contributed by atoms with E-state index in [2.05, 4.69) is 31.5 Å². The van der Waals surface area contributed by atoms with E-state index in [-0.39, 0.29) is 18.9 Å². The van der Waals surface area contributed by atoms with E-state index in [1.54, 1.807) is 30.5 Å². The van der Waals surface area contributed by atoms with Crippen molar-refractivity contribution >= 4 is 27.7 Å². The van der Waals surface area contributed by atoms with E-state index in [9.17, 15) is 4.79 Å². The molecule has 2 N–H and O–H groups in total. The molecule has 2 aromatic rings. The van der Waals surface area contributed by atoms with Crippen molar-refractivity contribution in [1.82, 2.24) is 10.3 Å². The number of rotatable bonds is 5. The molecule has 1 aliphatic rings. The van der Waals surface area contributed by atoms with Crippen LogP contribution >= 0.6 is 15.9 Å². The predicted octanol–water partition coefficient (Wildman–Crippen LogP) is 2.71. The average Bonchev–Trinajstić information content (AvgIpc) is 3.08. The van der Waals surface area contributed by atoms with E-state index in [1.165, 1.54) is 6.20 Å². The van der Waals surface area contributed by atoms with Gasteiger partial charge in [-0.15, -0.1) is 0 Å². The number of halogens is 1. The SMILES string of the molecule is N#C/C(=C/Nc1cc(Br)ccn1)C(=O)NCc1ccc2c(c1)OCO2. The smallest absolute Gasteiger partial charge is 0.263 e. The highest BCUT2D eigenvalue weighted by Crippen LogP contribution is 2.32. The van der Waals surface area contributed by atoms with Crippen LogP contribution in [0.1, 0.15) is 5.56 Å². The van der Waals surface area contributed by atoms with Crippen LogP contribution in [0.4, 0.5) is 5.82 Å². The Morgan fingerprint density at radius 3 is 2.96 bits per heavy atom. The largest absolute Gasteiger partial charge is 0.454 e. The lowest BCUT2D eigenvalue weighted by Crippen LogP contribution is -2.24. The second-order valence-corrected chi connectivity index (χ2v) is 5.96. The standard InChI is InChI=1S/C17H13BrN4O3/c18-13-3-4-20-16(6-13)21-9-12(7-19)17(23)22-8-11-1-2-14-15(5-11)25-10-24-14/h1-6,9H,8,10H2,(H,20,21)(H,22,23)/b12-9-. The van der Waals surface area contributed by atoms with Crippen LogP contribution in [0, 0.1) is 11.3 Å². The van der Waals surface area contributed by atoms with Crippen LogP contribution in [-0.4, -0.2) is 17.7 Å². The molecule has 2 heterocycles. The monoisotopic (exact) mass is 400 g/mol. The van der Waals surface area contributed by atoms with Gasteiger partial charge in [0.05, 0.1) is 0 Å². The highest BCUT2D eigenvalue weighted by Gasteiger charge is 2.14. The molecule has 25 heavy (non-hydrogen) atoms. The third kappa shape index (κ3) is 4.28. The first-order chi connectivity index (χ1) is 12.2. The summed E-state index contributed by atoms with van der Waals surface area (Å²) in [5.74, 6) is 1.36. The normalized spacial score (nSPS) is 12.4. The molecular formula is C17H13BrN4O3. The van der Waals surface area contributed by atoms with Gasteiger partial charge in [-0.25, -0.2) is 4.98 Å². The van der Waals surface area contributed by atoms with Crippen molar-refractivity contribution in [3.8, 4) is 17.6 Å². The summed E-state index contributed by atoms with van der Waals surface area (Å²) in [6.45, 7) is 0.464. The lowest BCUT2D eigenvalue weighted by Gasteiger charge is -2.06. The number of hydrogen-bond donors (Lipinski definition) is 2.